The molecule has 8 heteroatoms. The second kappa shape index (κ2) is 16.6. The van der Waals surface area contributed by atoms with Gasteiger partial charge in [0.25, 0.3) is 5.91 Å². The molecule has 1 saturated heterocycles. The van der Waals surface area contributed by atoms with Crippen LogP contribution in [-0.4, -0.2) is 46.5 Å². The highest BCUT2D eigenvalue weighted by Crippen LogP contribution is 2.26. The molecular formula is C39H40ClN5OS. The Balaban J connectivity index is 1.03. The molecule has 1 amide bonds. The van der Waals surface area contributed by atoms with Crippen LogP contribution in [0.5, 0.6) is 0 Å². The fraction of sp³-hybridized carbons (Fsp3) is 0.256. The predicted molar refractivity (Wildman–Crippen MR) is 193 cm³/mol. The largest absolute Gasteiger partial charge is 0.352 e. The standard InChI is InChI=1S/C39H40ClN5OS/c40-36-26-37(45(28-32-14-8-3-9-15-32)25-20-30-10-4-1-5-11-30)43-39(42-36)47-29-33-16-18-34(19-17-33)38(46)41-35-21-23-44(24-22-35)27-31-12-6-2-7-13-31/h1-19,26,35H,20-25,27-29H2,(H,41,46). The minimum absolute atomic E-state index is 0.0115. The van der Waals surface area contributed by atoms with Crippen molar-refractivity contribution in [1.82, 2.24) is 20.2 Å². The van der Waals surface area contributed by atoms with E-state index in [9.17, 15) is 4.79 Å². The van der Waals surface area contributed by atoms with Gasteiger partial charge in [-0.3, -0.25) is 9.69 Å². The maximum absolute atomic E-state index is 13.0. The highest BCUT2D eigenvalue weighted by molar-refractivity contribution is 7.98. The summed E-state index contributed by atoms with van der Waals surface area (Å²) < 4.78 is 0. The van der Waals surface area contributed by atoms with Crippen LogP contribution < -0.4 is 10.2 Å². The number of thioether (sulfide) groups is 1. The number of anilines is 1. The minimum Gasteiger partial charge on any atom is -0.352 e. The van der Waals surface area contributed by atoms with E-state index in [0.29, 0.717) is 21.6 Å². The summed E-state index contributed by atoms with van der Waals surface area (Å²) in [5.41, 5.74) is 5.60. The Morgan fingerprint density at radius 1 is 0.787 bits per heavy atom. The number of likely N-dealkylation sites (tertiary alicyclic amines) is 1. The molecule has 2 heterocycles. The third kappa shape index (κ3) is 9.91. The number of carbonyl (C=O) groups is 1. The van der Waals surface area contributed by atoms with Crippen LogP contribution in [0.3, 0.4) is 0 Å². The first-order valence-corrected chi connectivity index (χ1v) is 17.6. The van der Waals surface area contributed by atoms with E-state index in [-0.39, 0.29) is 11.9 Å². The quantitative estimate of drug-likeness (QED) is 0.0783. The van der Waals surface area contributed by atoms with E-state index < -0.39 is 0 Å². The van der Waals surface area contributed by atoms with Crippen LogP contribution in [0, 0.1) is 0 Å². The van der Waals surface area contributed by atoms with Crippen LogP contribution in [0.4, 0.5) is 5.82 Å². The van der Waals surface area contributed by atoms with Gasteiger partial charge in [-0.15, -0.1) is 0 Å². The third-order valence-corrected chi connectivity index (χ3v) is 9.58. The molecule has 240 valence electrons. The highest BCUT2D eigenvalue weighted by Gasteiger charge is 2.21. The normalized spacial score (nSPS) is 13.7. The lowest BCUT2D eigenvalue weighted by atomic mass is 10.0. The molecule has 1 aromatic heterocycles. The van der Waals surface area contributed by atoms with E-state index in [0.717, 1.165) is 63.4 Å². The van der Waals surface area contributed by atoms with E-state index in [1.165, 1.54) is 16.7 Å². The Kier molecular flexibility index (Phi) is 11.6. The summed E-state index contributed by atoms with van der Waals surface area (Å²) in [6.45, 7) is 4.46. The number of hydrogen-bond acceptors (Lipinski definition) is 6. The monoisotopic (exact) mass is 661 g/mol. The van der Waals surface area contributed by atoms with E-state index in [1.807, 2.05) is 42.5 Å². The molecule has 0 atom stereocenters. The third-order valence-electron chi connectivity index (χ3n) is 8.47. The van der Waals surface area contributed by atoms with Crippen LogP contribution in [-0.2, 0) is 25.3 Å². The maximum Gasteiger partial charge on any atom is 0.251 e. The lowest BCUT2D eigenvalue weighted by molar-refractivity contribution is 0.0909. The zero-order valence-electron chi connectivity index (χ0n) is 26.5. The van der Waals surface area contributed by atoms with E-state index in [1.54, 1.807) is 11.8 Å². The SMILES string of the molecule is O=C(NC1CCN(Cc2ccccc2)CC1)c1ccc(CSc2nc(Cl)cc(N(CCc3ccccc3)Cc3ccccc3)n2)cc1. The van der Waals surface area contributed by atoms with E-state index in [2.05, 4.69) is 99.0 Å². The molecule has 1 fully saturated rings. The summed E-state index contributed by atoms with van der Waals surface area (Å²) in [6.07, 6.45) is 2.82. The van der Waals surface area contributed by atoms with Crippen molar-refractivity contribution < 1.29 is 4.79 Å². The van der Waals surface area contributed by atoms with Gasteiger partial charge in [-0.25, -0.2) is 9.97 Å². The topological polar surface area (TPSA) is 61.4 Å². The Morgan fingerprint density at radius 2 is 1.40 bits per heavy atom. The van der Waals surface area contributed by atoms with Crippen molar-refractivity contribution in [3.63, 3.8) is 0 Å². The van der Waals surface area contributed by atoms with Crippen molar-refractivity contribution in [2.45, 2.75) is 49.3 Å². The second-order valence-corrected chi connectivity index (χ2v) is 13.3. The Morgan fingerprint density at radius 3 is 2.06 bits per heavy atom. The van der Waals surface area contributed by atoms with Gasteiger partial charge in [0.1, 0.15) is 11.0 Å². The van der Waals surface area contributed by atoms with Gasteiger partial charge in [0.15, 0.2) is 5.16 Å². The number of nitrogens with zero attached hydrogens (tertiary/aromatic N) is 4. The number of carbonyl (C=O) groups excluding carboxylic acids is 1. The number of benzene rings is 4. The van der Waals surface area contributed by atoms with Gasteiger partial charge >= 0.3 is 0 Å². The molecule has 0 unspecified atom stereocenters. The molecule has 0 aliphatic carbocycles. The molecule has 0 radical (unpaired) electrons. The summed E-state index contributed by atoms with van der Waals surface area (Å²) in [6, 6.07) is 41.4. The summed E-state index contributed by atoms with van der Waals surface area (Å²) in [5.74, 6) is 1.47. The van der Waals surface area contributed by atoms with Gasteiger partial charge in [0.2, 0.25) is 0 Å². The molecule has 1 N–H and O–H groups in total. The number of nitrogens with one attached hydrogen (secondary N) is 1. The van der Waals surface area contributed by atoms with Crippen LogP contribution in [0.15, 0.2) is 126 Å². The zero-order valence-corrected chi connectivity index (χ0v) is 28.0. The van der Waals surface area contributed by atoms with Gasteiger partial charge in [0, 0.05) is 56.1 Å². The zero-order chi connectivity index (χ0) is 32.3. The lowest BCUT2D eigenvalue weighted by Crippen LogP contribution is -2.44. The van der Waals surface area contributed by atoms with Gasteiger partial charge < -0.3 is 10.2 Å². The fourth-order valence-corrected chi connectivity index (χ4v) is 6.88. The highest BCUT2D eigenvalue weighted by atomic mass is 35.5. The molecule has 6 nitrogen and oxygen atoms in total. The van der Waals surface area contributed by atoms with Crippen molar-refractivity contribution in [3.05, 3.63) is 154 Å². The van der Waals surface area contributed by atoms with Crippen molar-refractivity contribution in [2.24, 2.45) is 0 Å². The Bertz CT molecular complexity index is 1700. The lowest BCUT2D eigenvalue weighted by Gasteiger charge is -2.32. The summed E-state index contributed by atoms with van der Waals surface area (Å²) >= 11 is 8.08. The van der Waals surface area contributed by atoms with Crippen molar-refractivity contribution in [3.8, 4) is 0 Å². The predicted octanol–water partition coefficient (Wildman–Crippen LogP) is 8.07. The Labute approximate surface area is 287 Å². The number of aromatic nitrogens is 2. The first-order chi connectivity index (χ1) is 23.1. The molecule has 6 rings (SSSR count). The summed E-state index contributed by atoms with van der Waals surface area (Å²) in [7, 11) is 0. The first-order valence-electron chi connectivity index (χ1n) is 16.2. The summed E-state index contributed by atoms with van der Waals surface area (Å²) in [5, 5.41) is 4.30. The van der Waals surface area contributed by atoms with Crippen molar-refractivity contribution in [2.75, 3.05) is 24.5 Å². The number of halogens is 1. The minimum atomic E-state index is -0.0115. The average Bonchev–Trinajstić information content (AvgIpc) is 3.11. The van der Waals surface area contributed by atoms with Gasteiger partial charge in [-0.1, -0.05) is 126 Å². The Hall–Kier alpha value is -4.17. The summed E-state index contributed by atoms with van der Waals surface area (Å²) in [4.78, 5) is 27.2. The smallest absolute Gasteiger partial charge is 0.251 e. The molecule has 1 aliphatic rings. The van der Waals surface area contributed by atoms with Gasteiger partial charge in [0.05, 0.1) is 0 Å². The number of rotatable bonds is 13. The molecule has 0 saturated carbocycles. The van der Waals surface area contributed by atoms with Crippen molar-refractivity contribution in [1.29, 1.82) is 0 Å². The molecule has 47 heavy (non-hydrogen) atoms. The van der Waals surface area contributed by atoms with Crippen molar-refractivity contribution >= 4 is 35.1 Å². The molecule has 0 bridgehead atoms. The second-order valence-electron chi connectivity index (χ2n) is 12.0. The number of hydrogen-bond donors (Lipinski definition) is 1. The molecular weight excluding hydrogens is 622 g/mol. The molecule has 0 spiro atoms. The van der Waals surface area contributed by atoms with Gasteiger partial charge in [-0.05, 0) is 53.6 Å². The first kappa shape index (κ1) is 32.8. The van der Waals surface area contributed by atoms with Crippen LogP contribution in [0.25, 0.3) is 0 Å². The molecule has 4 aromatic carbocycles. The number of piperidine rings is 1. The van der Waals surface area contributed by atoms with Crippen LogP contribution >= 0.6 is 23.4 Å². The molecule has 1 aliphatic heterocycles. The maximum atomic E-state index is 13.0. The molecule has 5 aromatic rings. The fourth-order valence-electron chi connectivity index (χ4n) is 5.85. The number of amides is 1. The van der Waals surface area contributed by atoms with Crippen LogP contribution in [0.1, 0.15) is 45.5 Å². The van der Waals surface area contributed by atoms with Crippen LogP contribution in [0.2, 0.25) is 5.15 Å². The van der Waals surface area contributed by atoms with E-state index in [4.69, 9.17) is 16.6 Å². The average molecular weight is 662 g/mol. The van der Waals surface area contributed by atoms with Gasteiger partial charge in [-0.2, -0.15) is 0 Å². The van der Waals surface area contributed by atoms with E-state index >= 15 is 0 Å².